The highest BCUT2D eigenvalue weighted by Gasteiger charge is 2.98. The molecule has 0 saturated carbocycles. The van der Waals surface area contributed by atoms with E-state index in [0.29, 0.717) is 0 Å². The van der Waals surface area contributed by atoms with E-state index in [-0.39, 0.29) is 0 Å². The first-order valence-electron chi connectivity index (χ1n) is 2.92. The lowest BCUT2D eigenvalue weighted by molar-refractivity contribution is -0.869. The zero-order chi connectivity index (χ0) is 4.62. The normalized spacial score (nSPS) is 74.2. The van der Waals surface area contributed by atoms with Gasteiger partial charge in [0.15, 0.2) is 18.9 Å². The fourth-order valence-electron chi connectivity index (χ4n) is 2.46. The molecule has 0 aromatic carbocycles. The van der Waals surface area contributed by atoms with Crippen LogP contribution >= 0.6 is 0 Å². The Morgan fingerprint density at radius 2 is 1.25 bits per heavy atom. The van der Waals surface area contributed by atoms with Crippen LogP contribution in [0, 0.1) is 0 Å². The zero-order valence-corrected chi connectivity index (χ0v) is 3.97. The third-order valence-electron chi connectivity index (χ3n) is 2.84. The second kappa shape index (κ2) is 0.404. The van der Waals surface area contributed by atoms with Crippen molar-refractivity contribution in [2.24, 2.45) is 0 Å². The first-order chi connectivity index (χ1) is 4.00. The van der Waals surface area contributed by atoms with E-state index in [0.717, 1.165) is 18.9 Å². The molecular formula is C3H3N5. The van der Waals surface area contributed by atoms with Crippen molar-refractivity contribution in [1.82, 2.24) is 25.2 Å². The molecule has 0 atom stereocenters. The number of rotatable bonds is 0. The van der Waals surface area contributed by atoms with E-state index in [2.05, 4.69) is 25.2 Å². The number of hydrogen-bond donors (Lipinski definition) is 0. The Bertz CT molecular complexity index is 118. The van der Waals surface area contributed by atoms with Crippen molar-refractivity contribution in [1.29, 1.82) is 0 Å². The van der Waals surface area contributed by atoms with Gasteiger partial charge in [-0.2, -0.15) is 0 Å². The van der Waals surface area contributed by atoms with E-state index in [1.807, 2.05) is 0 Å². The van der Waals surface area contributed by atoms with E-state index in [1.165, 1.54) is 0 Å². The summed E-state index contributed by atoms with van der Waals surface area (Å²) in [5.41, 5.74) is 0. The molecule has 6 aliphatic rings. The highest BCUT2D eigenvalue weighted by atomic mass is 16.5. The molecule has 0 aliphatic carbocycles. The lowest BCUT2D eigenvalue weighted by Gasteiger charge is -3.03. The highest BCUT2D eigenvalue weighted by Crippen LogP contribution is 2.73. The largest absolute Gasteiger partial charge is 0.209 e. The second-order valence-corrected chi connectivity index (χ2v) is 2.89. The minimum absolute atomic E-state index is 0.718. The van der Waals surface area contributed by atoms with Gasteiger partial charge >= 0.3 is 0 Å². The van der Waals surface area contributed by atoms with Crippen LogP contribution in [-0.2, 0) is 0 Å². The van der Waals surface area contributed by atoms with E-state index in [1.54, 1.807) is 0 Å². The van der Waals surface area contributed by atoms with Crippen molar-refractivity contribution in [3.8, 4) is 0 Å². The minimum atomic E-state index is 0.718. The maximum absolute atomic E-state index is 2.50. The van der Waals surface area contributed by atoms with Gasteiger partial charge in [-0.25, -0.2) is 4.90 Å². The van der Waals surface area contributed by atoms with Gasteiger partial charge in [-0.15, -0.1) is 15.0 Å². The molecule has 6 aliphatic heterocycles. The quantitative estimate of drug-likeness (QED) is 0.362. The minimum Gasteiger partial charge on any atom is -0.209 e. The molecular weight excluding hydrogens is 106 g/mol. The molecule has 0 unspecified atom stereocenters. The summed E-state index contributed by atoms with van der Waals surface area (Å²) in [6.07, 6.45) is 2.15. The Kier molecular flexibility index (Phi) is 0.131. The van der Waals surface area contributed by atoms with Crippen LogP contribution in [0.5, 0.6) is 0 Å². The van der Waals surface area contributed by atoms with Crippen LogP contribution in [0.3, 0.4) is 0 Å². The molecule has 5 heteroatoms. The highest BCUT2D eigenvalue weighted by molar-refractivity contribution is 5.23. The second-order valence-electron chi connectivity index (χ2n) is 2.89. The van der Waals surface area contributed by atoms with Crippen molar-refractivity contribution >= 4 is 0 Å². The van der Waals surface area contributed by atoms with Crippen molar-refractivity contribution in [3.63, 3.8) is 0 Å². The molecule has 0 aromatic rings. The van der Waals surface area contributed by atoms with E-state index < -0.39 is 0 Å². The lowest BCUT2D eigenvalue weighted by atomic mass is 10.0. The van der Waals surface area contributed by atoms with Gasteiger partial charge in [0.1, 0.15) is 0 Å². The molecule has 6 heterocycles. The average Bonchev–Trinajstić information content (AvgIpc) is 1.90. The summed E-state index contributed by atoms with van der Waals surface area (Å²) in [5.74, 6) is 0. The van der Waals surface area contributed by atoms with Crippen LogP contribution in [-0.4, -0.2) is 44.0 Å². The number of hydrazine groups is 3. The fraction of sp³-hybridized carbons (Fsp3) is 1.00. The van der Waals surface area contributed by atoms with Crippen LogP contribution < -0.4 is 0 Å². The van der Waals surface area contributed by atoms with Crippen molar-refractivity contribution in [2.45, 2.75) is 18.9 Å². The van der Waals surface area contributed by atoms with Gasteiger partial charge in [-0.05, 0) is 0 Å². The van der Waals surface area contributed by atoms with E-state index in [9.17, 15) is 0 Å². The van der Waals surface area contributed by atoms with E-state index >= 15 is 0 Å². The van der Waals surface area contributed by atoms with Crippen LogP contribution in [0.15, 0.2) is 0 Å². The summed E-state index contributed by atoms with van der Waals surface area (Å²) in [6.45, 7) is 0. The van der Waals surface area contributed by atoms with Gasteiger partial charge in [0.2, 0.25) is 0 Å². The Hall–Kier alpha value is -0.200. The molecule has 0 amide bonds. The van der Waals surface area contributed by atoms with Crippen LogP contribution in [0.1, 0.15) is 0 Å². The monoisotopic (exact) mass is 109 g/mol. The molecule has 8 heavy (non-hydrogen) atoms. The molecule has 0 bridgehead atoms. The maximum atomic E-state index is 2.50. The first kappa shape index (κ1) is 2.59. The van der Waals surface area contributed by atoms with Crippen LogP contribution in [0.4, 0.5) is 0 Å². The van der Waals surface area contributed by atoms with Gasteiger partial charge in [0.05, 0.1) is 0 Å². The zero-order valence-electron chi connectivity index (χ0n) is 3.97. The maximum Gasteiger partial charge on any atom is 0.161 e. The van der Waals surface area contributed by atoms with Gasteiger partial charge in [0.25, 0.3) is 0 Å². The summed E-state index contributed by atoms with van der Waals surface area (Å²) >= 11 is 0. The summed E-state index contributed by atoms with van der Waals surface area (Å²) in [6, 6.07) is 0. The van der Waals surface area contributed by atoms with Gasteiger partial charge < -0.3 is 0 Å². The van der Waals surface area contributed by atoms with Crippen LogP contribution in [0.2, 0.25) is 0 Å². The molecule has 6 rings (SSSR count). The van der Waals surface area contributed by atoms with Gasteiger partial charge in [-0.3, -0.25) is 0 Å². The Morgan fingerprint density at radius 3 is 1.38 bits per heavy atom. The number of nitrogens with zero attached hydrogens (tertiary/aromatic N) is 5. The Morgan fingerprint density at radius 1 is 0.750 bits per heavy atom. The number of hydrogen-bond acceptors (Lipinski definition) is 5. The average molecular weight is 109 g/mol. The van der Waals surface area contributed by atoms with Gasteiger partial charge in [0, 0.05) is 0 Å². The topological polar surface area (TPSA) is 16.2 Å². The first-order valence-corrected chi connectivity index (χ1v) is 2.92. The van der Waals surface area contributed by atoms with Crippen molar-refractivity contribution in [2.75, 3.05) is 0 Å². The third kappa shape index (κ3) is 0.0585. The summed E-state index contributed by atoms with van der Waals surface area (Å²) < 4.78 is 0. The molecule has 6 saturated heterocycles. The van der Waals surface area contributed by atoms with E-state index in [4.69, 9.17) is 0 Å². The smallest absolute Gasteiger partial charge is 0.161 e. The predicted molar refractivity (Wildman–Crippen MR) is 20.6 cm³/mol. The van der Waals surface area contributed by atoms with Crippen molar-refractivity contribution < 1.29 is 0 Å². The predicted octanol–water partition coefficient (Wildman–Crippen LogP) is -1.84. The molecule has 40 valence electrons. The summed E-state index contributed by atoms with van der Waals surface area (Å²) in [4.78, 5) is 2.50. The molecule has 0 spiro atoms. The molecule has 0 radical (unpaired) electrons. The van der Waals surface area contributed by atoms with Crippen LogP contribution in [0.25, 0.3) is 0 Å². The molecule has 5 nitrogen and oxygen atoms in total. The third-order valence-corrected chi connectivity index (χ3v) is 2.84. The Labute approximate surface area is 45.1 Å². The molecule has 0 aromatic heterocycles. The SMILES string of the molecule is C12N3C4N1N1N2C3N41. The van der Waals surface area contributed by atoms with Crippen molar-refractivity contribution in [3.05, 3.63) is 0 Å². The van der Waals surface area contributed by atoms with Gasteiger partial charge in [-0.1, -0.05) is 5.23 Å². The summed E-state index contributed by atoms with van der Waals surface area (Å²) in [7, 11) is 0. The fourth-order valence-corrected chi connectivity index (χ4v) is 2.46. The standard InChI is InChI=1S/C3H3N5/c1-4-2-5(1)8-6(1)3(4)7(2)8/h1-3H. The molecule has 6 fully saturated rings. The Balaban J connectivity index is 2.00. The lowest BCUT2D eigenvalue weighted by Crippen LogP contribution is -3.27. The molecule has 0 N–H and O–H groups in total. The summed E-state index contributed by atoms with van der Waals surface area (Å²) in [5, 5.41) is 9.35.